The summed E-state index contributed by atoms with van der Waals surface area (Å²) in [6, 6.07) is 16.0. The largest absolute Gasteiger partial charge is 0.399 e. The van der Waals surface area contributed by atoms with Gasteiger partial charge in [-0.2, -0.15) is 0 Å². The molecule has 0 aliphatic carbocycles. The molecule has 0 aliphatic rings. The summed E-state index contributed by atoms with van der Waals surface area (Å²) in [6.07, 6.45) is 0.708. The van der Waals surface area contributed by atoms with E-state index in [4.69, 9.17) is 5.73 Å². The minimum atomic E-state index is -0.437. The number of urea groups is 1. The number of hydrogen-bond acceptors (Lipinski definition) is 3. The molecule has 0 saturated carbocycles. The predicted molar refractivity (Wildman–Crippen MR) is 87.6 cm³/mol. The molecule has 2 aromatic carbocycles. The summed E-state index contributed by atoms with van der Waals surface area (Å²) >= 11 is 0. The lowest BCUT2D eigenvalue weighted by Gasteiger charge is -2.20. The van der Waals surface area contributed by atoms with E-state index in [1.54, 1.807) is 24.3 Å². The van der Waals surface area contributed by atoms with Gasteiger partial charge in [0.05, 0.1) is 5.69 Å². The molecule has 0 saturated heterocycles. The zero-order valence-electron chi connectivity index (χ0n) is 12.5. The van der Waals surface area contributed by atoms with Crippen molar-refractivity contribution in [2.75, 3.05) is 17.2 Å². The summed E-state index contributed by atoms with van der Waals surface area (Å²) in [5.74, 6) is -0.345. The third kappa shape index (κ3) is 4.09. The molecule has 0 aliphatic heterocycles. The Hall–Kier alpha value is -2.82. The molecule has 0 fully saturated rings. The Bertz CT molecular complexity index is 639. The van der Waals surface area contributed by atoms with Crippen LogP contribution in [0.4, 0.5) is 16.2 Å². The fourth-order valence-electron chi connectivity index (χ4n) is 2.10. The third-order valence-corrected chi connectivity index (χ3v) is 3.20. The quantitative estimate of drug-likeness (QED) is 0.852. The Morgan fingerprint density at radius 3 is 2.27 bits per heavy atom. The van der Waals surface area contributed by atoms with Crippen molar-refractivity contribution in [3.8, 4) is 0 Å². The van der Waals surface area contributed by atoms with Crippen LogP contribution in [0.25, 0.3) is 0 Å². The molecule has 0 spiro atoms. The highest BCUT2D eigenvalue weighted by molar-refractivity contribution is 6.13. The smallest absolute Gasteiger partial charge is 0.328 e. The Labute approximate surface area is 129 Å². The number of nitrogen functional groups attached to an aromatic ring is 1. The maximum absolute atomic E-state index is 12.2. The summed E-state index contributed by atoms with van der Waals surface area (Å²) in [6.45, 7) is 1.81. The van der Waals surface area contributed by atoms with E-state index >= 15 is 0 Å². The number of amides is 3. The average Bonchev–Trinajstić information content (AvgIpc) is 2.50. The molecule has 0 radical (unpaired) electrons. The number of imide groups is 1. The van der Waals surface area contributed by atoms with Crippen molar-refractivity contribution in [3.05, 3.63) is 60.2 Å². The highest BCUT2D eigenvalue weighted by atomic mass is 16.2. The van der Waals surface area contributed by atoms with E-state index in [-0.39, 0.29) is 5.91 Å². The van der Waals surface area contributed by atoms with Gasteiger partial charge in [0.2, 0.25) is 5.91 Å². The predicted octanol–water partition coefficient (Wildman–Crippen LogP) is 2.57. The lowest BCUT2D eigenvalue weighted by atomic mass is 10.1. The van der Waals surface area contributed by atoms with Crippen molar-refractivity contribution in [2.45, 2.75) is 13.3 Å². The molecule has 2 aromatic rings. The van der Waals surface area contributed by atoms with Crippen LogP contribution in [0.5, 0.6) is 0 Å². The Morgan fingerprint density at radius 2 is 1.68 bits per heavy atom. The van der Waals surface area contributed by atoms with Crippen molar-refractivity contribution >= 4 is 23.3 Å². The molecular formula is C17H19N3O2. The first-order valence-corrected chi connectivity index (χ1v) is 7.06. The molecule has 3 N–H and O–H groups in total. The number of hydrogen-bond donors (Lipinski definition) is 2. The van der Waals surface area contributed by atoms with Crippen molar-refractivity contribution < 1.29 is 9.59 Å². The lowest BCUT2D eigenvalue weighted by Crippen LogP contribution is -2.43. The number of nitrogens with one attached hydrogen (secondary N) is 1. The van der Waals surface area contributed by atoms with E-state index in [9.17, 15) is 9.59 Å². The van der Waals surface area contributed by atoms with Crippen molar-refractivity contribution in [3.63, 3.8) is 0 Å². The normalized spacial score (nSPS) is 10.0. The van der Waals surface area contributed by atoms with Gasteiger partial charge in [0, 0.05) is 19.2 Å². The molecule has 5 heteroatoms. The summed E-state index contributed by atoms with van der Waals surface area (Å²) in [4.78, 5) is 25.1. The van der Waals surface area contributed by atoms with Crippen molar-refractivity contribution in [2.24, 2.45) is 0 Å². The van der Waals surface area contributed by atoms with Gasteiger partial charge in [0.25, 0.3) is 0 Å². The minimum absolute atomic E-state index is 0.345. The van der Waals surface area contributed by atoms with Crippen molar-refractivity contribution in [1.29, 1.82) is 0 Å². The maximum atomic E-state index is 12.2. The molecule has 5 nitrogen and oxygen atoms in total. The van der Waals surface area contributed by atoms with Gasteiger partial charge in [0.15, 0.2) is 0 Å². The average molecular weight is 297 g/mol. The Kier molecular flexibility index (Phi) is 5.14. The minimum Gasteiger partial charge on any atom is -0.399 e. The fourth-order valence-corrected chi connectivity index (χ4v) is 2.10. The lowest BCUT2D eigenvalue weighted by molar-refractivity contribution is -0.115. The molecule has 0 heterocycles. The van der Waals surface area contributed by atoms with Gasteiger partial charge in [-0.1, -0.05) is 30.3 Å². The van der Waals surface area contributed by atoms with E-state index in [0.717, 1.165) is 10.5 Å². The first-order valence-electron chi connectivity index (χ1n) is 7.06. The molecule has 0 unspecified atom stereocenters. The summed E-state index contributed by atoms with van der Waals surface area (Å²) in [5, 5.41) is 2.76. The SMILES string of the molecule is CC(=O)N(C(=O)NCCc1ccccc1)c1ccc(N)cc1. The van der Waals surface area contributed by atoms with Gasteiger partial charge >= 0.3 is 6.03 Å². The van der Waals surface area contributed by atoms with Gasteiger partial charge in [-0.05, 0) is 36.2 Å². The molecule has 22 heavy (non-hydrogen) atoms. The van der Waals surface area contributed by atoms with Gasteiger partial charge in [-0.25, -0.2) is 9.69 Å². The maximum Gasteiger partial charge on any atom is 0.328 e. The summed E-state index contributed by atoms with van der Waals surface area (Å²) in [7, 11) is 0. The number of nitrogens with two attached hydrogens (primary N) is 1. The Morgan fingerprint density at radius 1 is 1.05 bits per heavy atom. The zero-order chi connectivity index (χ0) is 15.9. The van der Waals surface area contributed by atoms with Crippen LogP contribution in [0.15, 0.2) is 54.6 Å². The molecule has 114 valence electrons. The van der Waals surface area contributed by atoms with Crippen LogP contribution < -0.4 is 16.0 Å². The van der Waals surface area contributed by atoms with Crippen LogP contribution in [-0.2, 0) is 11.2 Å². The number of nitrogens with zero attached hydrogens (tertiary/aromatic N) is 1. The summed E-state index contributed by atoms with van der Waals surface area (Å²) < 4.78 is 0. The van der Waals surface area contributed by atoms with E-state index < -0.39 is 6.03 Å². The van der Waals surface area contributed by atoms with Gasteiger partial charge in [0.1, 0.15) is 0 Å². The first-order chi connectivity index (χ1) is 10.6. The van der Waals surface area contributed by atoms with Crippen LogP contribution in [0.2, 0.25) is 0 Å². The second kappa shape index (κ2) is 7.26. The number of anilines is 2. The second-order valence-electron chi connectivity index (χ2n) is 4.91. The van der Waals surface area contributed by atoms with E-state index in [1.807, 2.05) is 30.3 Å². The molecule has 2 rings (SSSR count). The van der Waals surface area contributed by atoms with E-state index in [2.05, 4.69) is 5.32 Å². The molecule has 0 bridgehead atoms. The summed E-state index contributed by atoms with van der Waals surface area (Å²) in [5.41, 5.74) is 7.83. The van der Waals surface area contributed by atoms with Crippen LogP contribution >= 0.6 is 0 Å². The molecule has 0 atom stereocenters. The zero-order valence-corrected chi connectivity index (χ0v) is 12.5. The Balaban J connectivity index is 1.98. The number of carbonyl (C=O) groups excluding carboxylic acids is 2. The molecule has 0 aromatic heterocycles. The van der Waals surface area contributed by atoms with Gasteiger partial charge in [-0.3, -0.25) is 4.79 Å². The van der Waals surface area contributed by atoms with Crippen LogP contribution in [0.1, 0.15) is 12.5 Å². The van der Waals surface area contributed by atoms with E-state index in [0.29, 0.717) is 24.3 Å². The molecular weight excluding hydrogens is 278 g/mol. The van der Waals surface area contributed by atoms with Gasteiger partial charge < -0.3 is 11.1 Å². The topological polar surface area (TPSA) is 75.4 Å². The highest BCUT2D eigenvalue weighted by Gasteiger charge is 2.19. The van der Waals surface area contributed by atoms with Crippen molar-refractivity contribution in [1.82, 2.24) is 5.32 Å². The second-order valence-corrected chi connectivity index (χ2v) is 4.91. The monoisotopic (exact) mass is 297 g/mol. The van der Waals surface area contributed by atoms with Gasteiger partial charge in [-0.15, -0.1) is 0 Å². The number of carbonyl (C=O) groups is 2. The third-order valence-electron chi connectivity index (χ3n) is 3.20. The number of rotatable bonds is 4. The fraction of sp³-hybridized carbons (Fsp3) is 0.176. The first kappa shape index (κ1) is 15.6. The standard InChI is InChI=1S/C17H19N3O2/c1-13(21)20(16-9-7-15(18)8-10-16)17(22)19-12-11-14-5-3-2-4-6-14/h2-10H,11-12,18H2,1H3,(H,19,22). The van der Waals surface area contributed by atoms with Crippen LogP contribution in [0.3, 0.4) is 0 Å². The number of benzene rings is 2. The van der Waals surface area contributed by atoms with E-state index in [1.165, 1.54) is 6.92 Å². The van der Waals surface area contributed by atoms with Crippen LogP contribution in [-0.4, -0.2) is 18.5 Å². The highest BCUT2D eigenvalue weighted by Crippen LogP contribution is 2.16. The molecule has 3 amide bonds. The van der Waals surface area contributed by atoms with Crippen LogP contribution in [0, 0.1) is 0 Å².